The van der Waals surface area contributed by atoms with Crippen LogP contribution in [0.25, 0.3) is 0 Å². The number of carbonyl (C=O) groups is 3. The molecule has 2 aliphatic rings. The largest absolute Gasteiger partial charge is 0.462 e. The van der Waals surface area contributed by atoms with Gasteiger partial charge in [-0.3, -0.25) is 9.59 Å². The van der Waals surface area contributed by atoms with Gasteiger partial charge in [0.1, 0.15) is 10.3 Å². The molecule has 1 aliphatic carbocycles. The van der Waals surface area contributed by atoms with Crippen LogP contribution in [0, 0.1) is 5.92 Å². The number of esters is 1. The molecule has 0 fully saturated rings. The normalized spacial score (nSPS) is 21.9. The van der Waals surface area contributed by atoms with Crippen LogP contribution in [0.3, 0.4) is 0 Å². The van der Waals surface area contributed by atoms with Crippen LogP contribution in [-0.2, 0) is 27.2 Å². The van der Waals surface area contributed by atoms with Crippen molar-refractivity contribution in [3.63, 3.8) is 0 Å². The molecule has 0 bridgehead atoms. The number of aliphatic imine (C=N–C) groups is 1. The molecule has 1 aromatic rings. The summed E-state index contributed by atoms with van der Waals surface area (Å²) in [5.41, 5.74) is 6.97. The van der Waals surface area contributed by atoms with E-state index in [1.807, 2.05) is 0 Å². The van der Waals surface area contributed by atoms with Crippen molar-refractivity contribution in [3.05, 3.63) is 16.0 Å². The van der Waals surface area contributed by atoms with Gasteiger partial charge in [0.15, 0.2) is 5.17 Å². The van der Waals surface area contributed by atoms with Gasteiger partial charge in [-0.05, 0) is 37.7 Å². The van der Waals surface area contributed by atoms with Crippen molar-refractivity contribution in [1.82, 2.24) is 0 Å². The highest BCUT2D eigenvalue weighted by Gasteiger charge is 2.32. The molecule has 26 heavy (non-hydrogen) atoms. The summed E-state index contributed by atoms with van der Waals surface area (Å²) in [5, 5.41) is 2.90. The predicted molar refractivity (Wildman–Crippen MR) is 103 cm³/mol. The van der Waals surface area contributed by atoms with Crippen LogP contribution in [0.15, 0.2) is 4.99 Å². The van der Waals surface area contributed by atoms with Crippen molar-refractivity contribution < 1.29 is 19.1 Å². The number of carbonyl (C=O) groups excluding carboxylic acids is 3. The Morgan fingerprint density at radius 3 is 2.85 bits per heavy atom. The van der Waals surface area contributed by atoms with E-state index in [2.05, 4.69) is 17.2 Å². The van der Waals surface area contributed by atoms with E-state index in [1.54, 1.807) is 6.92 Å². The van der Waals surface area contributed by atoms with Crippen LogP contribution in [0.5, 0.6) is 0 Å². The average molecular weight is 396 g/mol. The number of anilines is 1. The smallest absolute Gasteiger partial charge is 0.341 e. The molecule has 7 nitrogen and oxygen atoms in total. The van der Waals surface area contributed by atoms with E-state index in [0.29, 0.717) is 16.5 Å². The third kappa shape index (κ3) is 3.93. The van der Waals surface area contributed by atoms with E-state index < -0.39 is 17.1 Å². The zero-order chi connectivity index (χ0) is 18.8. The van der Waals surface area contributed by atoms with Crippen LogP contribution >= 0.6 is 23.1 Å². The molecule has 0 unspecified atom stereocenters. The average Bonchev–Trinajstić information content (AvgIpc) is 3.06. The van der Waals surface area contributed by atoms with E-state index in [0.717, 1.165) is 41.5 Å². The molecule has 2 amide bonds. The van der Waals surface area contributed by atoms with Crippen molar-refractivity contribution in [2.45, 2.75) is 44.8 Å². The lowest BCUT2D eigenvalue weighted by molar-refractivity contribution is -0.121. The van der Waals surface area contributed by atoms with Crippen LogP contribution in [0.4, 0.5) is 5.00 Å². The second kappa shape index (κ2) is 7.79. The summed E-state index contributed by atoms with van der Waals surface area (Å²) in [6.07, 6.45) is 2.67. The highest BCUT2D eigenvalue weighted by atomic mass is 32.2. The number of amidine groups is 1. The molecular weight excluding hydrogens is 374 g/mol. The molecule has 2 heterocycles. The van der Waals surface area contributed by atoms with E-state index in [4.69, 9.17) is 10.5 Å². The SMILES string of the molecule is CCOC(=O)c1c(NC(=O)C[C@H]2SC(N)=NC2=O)sc2c1CC[C@@H](C)C2. The summed E-state index contributed by atoms with van der Waals surface area (Å²) >= 11 is 2.52. The van der Waals surface area contributed by atoms with Gasteiger partial charge in [-0.25, -0.2) is 4.79 Å². The maximum absolute atomic E-state index is 12.4. The third-order valence-electron chi connectivity index (χ3n) is 4.37. The standard InChI is InChI=1S/C17H21N3O4S2/c1-3-24-16(23)13-9-5-4-8(2)6-10(9)25-15(13)19-12(21)7-11-14(22)20-17(18)26-11/h8,11H,3-7H2,1-2H3,(H,19,21)(H2,18,20,22)/t8-,11-/m1/s1. The number of hydrogen-bond donors (Lipinski definition) is 2. The number of nitrogens with one attached hydrogen (secondary N) is 1. The molecule has 0 aromatic carbocycles. The van der Waals surface area contributed by atoms with Crippen molar-refractivity contribution in [1.29, 1.82) is 0 Å². The van der Waals surface area contributed by atoms with Gasteiger partial charge in [0.25, 0.3) is 5.91 Å². The zero-order valence-electron chi connectivity index (χ0n) is 14.7. The van der Waals surface area contributed by atoms with Crippen LogP contribution < -0.4 is 11.1 Å². The number of hydrogen-bond acceptors (Lipinski definition) is 7. The van der Waals surface area contributed by atoms with Gasteiger partial charge >= 0.3 is 5.97 Å². The Hall–Kier alpha value is -1.87. The molecule has 0 saturated heterocycles. The summed E-state index contributed by atoms with van der Waals surface area (Å²) in [6, 6.07) is 0. The second-order valence-corrected chi connectivity index (χ2v) is 8.75. The summed E-state index contributed by atoms with van der Waals surface area (Å²) < 4.78 is 5.19. The fraction of sp³-hybridized carbons (Fsp3) is 0.529. The van der Waals surface area contributed by atoms with Crippen molar-refractivity contribution in [2.75, 3.05) is 11.9 Å². The molecule has 1 aliphatic heterocycles. The van der Waals surface area contributed by atoms with Crippen molar-refractivity contribution >= 4 is 51.1 Å². The molecule has 3 rings (SSSR count). The first-order valence-corrected chi connectivity index (χ1v) is 10.2. The summed E-state index contributed by atoms with van der Waals surface area (Å²) in [7, 11) is 0. The number of nitrogens with zero attached hydrogens (tertiary/aromatic N) is 1. The van der Waals surface area contributed by atoms with Gasteiger partial charge in [-0.2, -0.15) is 4.99 Å². The maximum Gasteiger partial charge on any atom is 0.341 e. The minimum Gasteiger partial charge on any atom is -0.462 e. The fourth-order valence-electron chi connectivity index (χ4n) is 3.14. The Balaban J connectivity index is 1.79. The Kier molecular flexibility index (Phi) is 5.67. The van der Waals surface area contributed by atoms with E-state index in [1.165, 1.54) is 11.3 Å². The minimum absolute atomic E-state index is 0.0328. The first-order valence-electron chi connectivity index (χ1n) is 8.55. The Bertz CT molecular complexity index is 787. The monoisotopic (exact) mass is 395 g/mol. The number of fused-ring (bicyclic) bond motifs is 1. The lowest BCUT2D eigenvalue weighted by atomic mass is 9.88. The number of amides is 2. The minimum atomic E-state index is -0.601. The molecule has 9 heteroatoms. The van der Waals surface area contributed by atoms with Gasteiger partial charge in [0.2, 0.25) is 5.91 Å². The molecule has 0 saturated carbocycles. The first-order chi connectivity index (χ1) is 12.4. The summed E-state index contributed by atoms with van der Waals surface area (Å²) in [6.45, 7) is 4.21. The van der Waals surface area contributed by atoms with Crippen LogP contribution in [0.2, 0.25) is 0 Å². The quantitative estimate of drug-likeness (QED) is 0.740. The fourth-order valence-corrected chi connectivity index (χ4v) is 5.37. The van der Waals surface area contributed by atoms with E-state index in [9.17, 15) is 14.4 Å². The number of thiophene rings is 1. The Labute approximate surface area is 159 Å². The second-order valence-electron chi connectivity index (χ2n) is 6.42. The predicted octanol–water partition coefficient (Wildman–Crippen LogP) is 2.33. The number of ether oxygens (including phenoxy) is 1. The topological polar surface area (TPSA) is 111 Å². The third-order valence-corrected chi connectivity index (χ3v) is 6.53. The molecule has 0 spiro atoms. The van der Waals surface area contributed by atoms with Crippen LogP contribution in [-0.4, -0.2) is 34.8 Å². The van der Waals surface area contributed by atoms with Gasteiger partial charge in [0, 0.05) is 11.3 Å². The van der Waals surface area contributed by atoms with E-state index in [-0.39, 0.29) is 24.1 Å². The summed E-state index contributed by atoms with van der Waals surface area (Å²) in [5.74, 6) is -0.591. The molecule has 0 radical (unpaired) electrons. The Morgan fingerprint density at radius 1 is 1.42 bits per heavy atom. The van der Waals surface area contributed by atoms with Crippen molar-refractivity contribution in [2.24, 2.45) is 16.6 Å². The molecule has 1 aromatic heterocycles. The number of thioether (sulfide) groups is 1. The van der Waals surface area contributed by atoms with Gasteiger partial charge < -0.3 is 15.8 Å². The van der Waals surface area contributed by atoms with Crippen LogP contribution in [0.1, 0.15) is 47.5 Å². The molecular formula is C17H21N3O4S2. The highest BCUT2D eigenvalue weighted by molar-refractivity contribution is 8.15. The lowest BCUT2D eigenvalue weighted by Gasteiger charge is -2.18. The van der Waals surface area contributed by atoms with Crippen molar-refractivity contribution in [3.8, 4) is 0 Å². The highest BCUT2D eigenvalue weighted by Crippen LogP contribution is 2.40. The molecule has 140 valence electrons. The molecule has 3 N–H and O–H groups in total. The Morgan fingerprint density at radius 2 is 2.19 bits per heavy atom. The van der Waals surface area contributed by atoms with E-state index >= 15 is 0 Å². The van der Waals surface area contributed by atoms with Gasteiger partial charge in [-0.1, -0.05) is 18.7 Å². The first kappa shape index (κ1) is 18.9. The number of nitrogens with two attached hydrogens (primary N) is 1. The van der Waals surface area contributed by atoms with Gasteiger partial charge in [0.05, 0.1) is 12.2 Å². The summed E-state index contributed by atoms with van der Waals surface area (Å²) in [4.78, 5) is 41.3. The lowest BCUT2D eigenvalue weighted by Crippen LogP contribution is -2.22. The molecule has 2 atom stereocenters. The van der Waals surface area contributed by atoms with Gasteiger partial charge in [-0.15, -0.1) is 11.3 Å². The maximum atomic E-state index is 12.4. The zero-order valence-corrected chi connectivity index (χ0v) is 16.3. The number of rotatable bonds is 5.